The smallest absolute Gasteiger partial charge is 0.331 e. The molecule has 0 unspecified atom stereocenters. The molecular weight excluding hydrogens is 382 g/mol. The van der Waals surface area contributed by atoms with Crippen LogP contribution in [0.25, 0.3) is 6.08 Å². The van der Waals surface area contributed by atoms with Crippen LogP contribution in [-0.4, -0.2) is 31.7 Å². The highest BCUT2D eigenvalue weighted by atomic mass is 16.5. The van der Waals surface area contributed by atoms with Crippen molar-refractivity contribution in [2.45, 2.75) is 32.7 Å². The average molecular weight is 409 g/mol. The number of hydrogen-bond donors (Lipinski definition) is 1. The van der Waals surface area contributed by atoms with Crippen molar-refractivity contribution in [1.29, 1.82) is 0 Å². The molecule has 2 aromatic carbocycles. The Labute approximate surface area is 176 Å². The van der Waals surface area contributed by atoms with Crippen LogP contribution in [0.15, 0.2) is 48.5 Å². The summed E-state index contributed by atoms with van der Waals surface area (Å²) in [4.78, 5) is 24.2. The zero-order chi connectivity index (χ0) is 21.3. The second-order valence-corrected chi connectivity index (χ2v) is 7.14. The predicted molar refractivity (Wildman–Crippen MR) is 114 cm³/mol. The van der Waals surface area contributed by atoms with Gasteiger partial charge in [-0.25, -0.2) is 4.79 Å². The number of carbonyl (C=O) groups is 2. The standard InChI is InChI=1S/C24H27NO5/c1-3-20(19-9-5-17(2)6-10-19)25-23(26)16-30-24(27)12-8-18-7-11-21-22(15-18)29-14-4-13-28-21/h5-12,15,20H,3-4,13-14,16H2,1-2H3,(H,25,26)/b12-8+/t20-/m0/s1. The summed E-state index contributed by atoms with van der Waals surface area (Å²) < 4.78 is 16.3. The minimum absolute atomic E-state index is 0.117. The molecule has 0 spiro atoms. The summed E-state index contributed by atoms with van der Waals surface area (Å²) in [6.45, 7) is 4.90. The molecule has 0 aromatic heterocycles. The van der Waals surface area contributed by atoms with Gasteiger partial charge in [0.25, 0.3) is 5.91 Å². The van der Waals surface area contributed by atoms with E-state index >= 15 is 0 Å². The molecule has 0 saturated heterocycles. The molecule has 30 heavy (non-hydrogen) atoms. The van der Waals surface area contributed by atoms with Gasteiger partial charge in [-0.15, -0.1) is 0 Å². The number of carbonyl (C=O) groups excluding carboxylic acids is 2. The summed E-state index contributed by atoms with van der Waals surface area (Å²) in [7, 11) is 0. The van der Waals surface area contributed by atoms with Crippen molar-refractivity contribution < 1.29 is 23.8 Å². The van der Waals surface area contributed by atoms with Crippen LogP contribution in [0, 0.1) is 6.92 Å². The van der Waals surface area contributed by atoms with Crippen LogP contribution < -0.4 is 14.8 Å². The summed E-state index contributed by atoms with van der Waals surface area (Å²) in [6, 6.07) is 13.3. The Morgan fingerprint density at radius 1 is 1.10 bits per heavy atom. The van der Waals surface area contributed by atoms with Gasteiger partial charge in [-0.05, 0) is 42.7 Å². The average Bonchev–Trinajstić information content (AvgIpc) is 3.00. The SMILES string of the molecule is CC[C@H](NC(=O)COC(=O)/C=C/c1ccc2c(c1)OCCCO2)c1ccc(C)cc1. The third-order valence-corrected chi connectivity index (χ3v) is 4.75. The number of amides is 1. The predicted octanol–water partition coefficient (Wildman–Crippen LogP) is 3.98. The largest absolute Gasteiger partial charge is 0.490 e. The van der Waals surface area contributed by atoms with Gasteiger partial charge >= 0.3 is 5.97 Å². The van der Waals surface area contributed by atoms with Crippen molar-refractivity contribution in [3.8, 4) is 11.5 Å². The lowest BCUT2D eigenvalue weighted by atomic mass is 10.0. The zero-order valence-corrected chi connectivity index (χ0v) is 17.4. The van der Waals surface area contributed by atoms with Crippen LogP contribution >= 0.6 is 0 Å². The minimum atomic E-state index is -0.583. The molecule has 0 radical (unpaired) electrons. The Balaban J connectivity index is 1.49. The topological polar surface area (TPSA) is 73.9 Å². The number of fused-ring (bicyclic) bond motifs is 1. The number of esters is 1. The fourth-order valence-corrected chi connectivity index (χ4v) is 3.09. The molecule has 6 nitrogen and oxygen atoms in total. The number of ether oxygens (including phenoxy) is 3. The third kappa shape index (κ3) is 6.11. The monoisotopic (exact) mass is 409 g/mol. The number of hydrogen-bond acceptors (Lipinski definition) is 5. The molecule has 0 saturated carbocycles. The van der Waals surface area contributed by atoms with Crippen LogP contribution in [0.5, 0.6) is 11.5 Å². The van der Waals surface area contributed by atoms with E-state index in [1.165, 1.54) is 6.08 Å². The van der Waals surface area contributed by atoms with Crippen molar-refractivity contribution in [2.75, 3.05) is 19.8 Å². The molecule has 1 aliphatic rings. The van der Waals surface area contributed by atoms with Gasteiger partial charge in [-0.1, -0.05) is 42.8 Å². The first-order chi connectivity index (χ1) is 14.5. The molecule has 6 heteroatoms. The van der Waals surface area contributed by atoms with Crippen molar-refractivity contribution in [3.63, 3.8) is 0 Å². The van der Waals surface area contributed by atoms with Gasteiger partial charge in [0.2, 0.25) is 0 Å². The number of rotatable bonds is 7. The normalized spacial score (nSPS) is 14.1. The molecule has 0 aliphatic carbocycles. The summed E-state index contributed by atoms with van der Waals surface area (Å²) in [5.41, 5.74) is 2.97. The van der Waals surface area contributed by atoms with Crippen molar-refractivity contribution in [1.82, 2.24) is 5.32 Å². The number of nitrogens with one attached hydrogen (secondary N) is 1. The molecule has 1 aliphatic heterocycles. The first-order valence-corrected chi connectivity index (χ1v) is 10.2. The maximum Gasteiger partial charge on any atom is 0.331 e. The Morgan fingerprint density at radius 3 is 2.57 bits per heavy atom. The van der Waals surface area contributed by atoms with Gasteiger partial charge in [0, 0.05) is 12.5 Å². The van der Waals surface area contributed by atoms with E-state index in [-0.39, 0.29) is 18.6 Å². The van der Waals surface area contributed by atoms with Crippen LogP contribution in [-0.2, 0) is 14.3 Å². The van der Waals surface area contributed by atoms with Crippen molar-refractivity contribution in [2.24, 2.45) is 0 Å². The molecule has 1 atom stereocenters. The Kier molecular flexibility index (Phi) is 7.49. The summed E-state index contributed by atoms with van der Waals surface area (Å²) in [6.07, 6.45) is 4.49. The molecular formula is C24H27NO5. The Bertz CT molecular complexity index is 904. The Hall–Kier alpha value is -3.28. The fraction of sp³-hybridized carbons (Fsp3) is 0.333. The second kappa shape index (κ2) is 10.5. The summed E-state index contributed by atoms with van der Waals surface area (Å²) >= 11 is 0. The highest BCUT2D eigenvalue weighted by Crippen LogP contribution is 2.30. The van der Waals surface area contributed by atoms with Gasteiger partial charge in [0.05, 0.1) is 19.3 Å². The van der Waals surface area contributed by atoms with Crippen molar-refractivity contribution in [3.05, 3.63) is 65.2 Å². The maximum absolute atomic E-state index is 12.2. The molecule has 0 fully saturated rings. The van der Waals surface area contributed by atoms with Gasteiger partial charge in [0.1, 0.15) is 0 Å². The zero-order valence-electron chi connectivity index (χ0n) is 17.4. The van der Waals surface area contributed by atoms with Gasteiger partial charge in [-0.3, -0.25) is 4.79 Å². The minimum Gasteiger partial charge on any atom is -0.490 e. The number of aryl methyl sites for hydroxylation is 1. The second-order valence-electron chi connectivity index (χ2n) is 7.14. The molecule has 3 rings (SSSR count). The van der Waals surface area contributed by atoms with Crippen LogP contribution in [0.1, 0.15) is 42.5 Å². The van der Waals surface area contributed by atoms with Gasteiger partial charge in [-0.2, -0.15) is 0 Å². The van der Waals surface area contributed by atoms with E-state index in [0.717, 1.165) is 29.5 Å². The Morgan fingerprint density at radius 2 is 1.83 bits per heavy atom. The molecule has 1 heterocycles. The van der Waals surface area contributed by atoms with E-state index in [9.17, 15) is 9.59 Å². The van der Waals surface area contributed by atoms with Crippen molar-refractivity contribution >= 4 is 18.0 Å². The molecule has 1 amide bonds. The van der Waals surface area contributed by atoms with E-state index in [1.54, 1.807) is 6.08 Å². The van der Waals surface area contributed by atoms with E-state index in [1.807, 2.05) is 56.3 Å². The quantitative estimate of drug-likeness (QED) is 0.553. The lowest BCUT2D eigenvalue weighted by molar-refractivity contribution is -0.144. The summed E-state index contributed by atoms with van der Waals surface area (Å²) in [5, 5.41) is 2.90. The molecule has 158 valence electrons. The third-order valence-electron chi connectivity index (χ3n) is 4.75. The maximum atomic E-state index is 12.2. The molecule has 1 N–H and O–H groups in total. The first kappa shape index (κ1) is 21.4. The lowest BCUT2D eigenvalue weighted by Gasteiger charge is -2.17. The van der Waals surface area contributed by atoms with Crippen LogP contribution in [0.4, 0.5) is 0 Å². The van der Waals surface area contributed by atoms with E-state index in [0.29, 0.717) is 24.7 Å². The highest BCUT2D eigenvalue weighted by molar-refractivity contribution is 5.89. The molecule has 0 bridgehead atoms. The van der Waals surface area contributed by atoms with E-state index < -0.39 is 5.97 Å². The lowest BCUT2D eigenvalue weighted by Crippen LogP contribution is -2.32. The van der Waals surface area contributed by atoms with E-state index in [4.69, 9.17) is 14.2 Å². The van der Waals surface area contributed by atoms with Crippen LogP contribution in [0.2, 0.25) is 0 Å². The van der Waals surface area contributed by atoms with E-state index in [2.05, 4.69) is 5.32 Å². The number of benzene rings is 2. The van der Waals surface area contributed by atoms with Gasteiger partial charge < -0.3 is 19.5 Å². The summed E-state index contributed by atoms with van der Waals surface area (Å²) in [5.74, 6) is 0.437. The first-order valence-electron chi connectivity index (χ1n) is 10.2. The highest BCUT2D eigenvalue weighted by Gasteiger charge is 2.14. The molecule has 2 aromatic rings. The van der Waals surface area contributed by atoms with Crippen LogP contribution in [0.3, 0.4) is 0 Å². The fourth-order valence-electron chi connectivity index (χ4n) is 3.09. The van der Waals surface area contributed by atoms with Gasteiger partial charge in [0.15, 0.2) is 18.1 Å².